The molecule has 0 unspecified atom stereocenters. The minimum Gasteiger partial charge on any atom is -0.325 e. The van der Waals surface area contributed by atoms with Crippen molar-refractivity contribution in [3.63, 3.8) is 0 Å². The summed E-state index contributed by atoms with van der Waals surface area (Å²) in [6.45, 7) is 10.2. The maximum Gasteiger partial charge on any atom is 0.282 e. The minimum atomic E-state index is -3.55. The van der Waals surface area contributed by atoms with E-state index in [2.05, 4.69) is 5.32 Å². The summed E-state index contributed by atoms with van der Waals surface area (Å²) < 4.78 is 27.0. The summed E-state index contributed by atoms with van der Waals surface area (Å²) in [6.07, 6.45) is 2.31. The van der Waals surface area contributed by atoms with E-state index in [1.165, 1.54) is 9.21 Å². The predicted octanol–water partition coefficient (Wildman–Crippen LogP) is 1.03. The molecule has 1 saturated heterocycles. The van der Waals surface area contributed by atoms with Gasteiger partial charge in [0.25, 0.3) is 5.91 Å². The first kappa shape index (κ1) is 19.9. The van der Waals surface area contributed by atoms with E-state index >= 15 is 0 Å². The van der Waals surface area contributed by atoms with Gasteiger partial charge >= 0.3 is 0 Å². The number of carbonyl (C=O) groups is 1. The highest BCUT2D eigenvalue weighted by atomic mass is 32.2. The molecule has 1 fully saturated rings. The van der Waals surface area contributed by atoms with Crippen LogP contribution < -0.4 is 10.2 Å². The molecule has 140 valence electrons. The average molecular weight is 369 g/mol. The highest BCUT2D eigenvalue weighted by Gasteiger charge is 2.28. The molecule has 7 heteroatoms. The third-order valence-electron chi connectivity index (χ3n) is 5.03. The lowest BCUT2D eigenvalue weighted by molar-refractivity contribution is -0.901. The van der Waals surface area contributed by atoms with Gasteiger partial charge in [0.15, 0.2) is 6.04 Å². The first-order valence-electron chi connectivity index (χ1n) is 9.07. The van der Waals surface area contributed by atoms with Crippen molar-refractivity contribution in [1.29, 1.82) is 0 Å². The van der Waals surface area contributed by atoms with Crippen molar-refractivity contribution in [1.82, 2.24) is 4.31 Å². The lowest BCUT2D eigenvalue weighted by atomic mass is 10.2. The van der Waals surface area contributed by atoms with Crippen molar-refractivity contribution in [3.8, 4) is 0 Å². The van der Waals surface area contributed by atoms with Gasteiger partial charge in [-0.3, -0.25) is 4.79 Å². The highest BCUT2D eigenvalue weighted by Crippen LogP contribution is 2.23. The van der Waals surface area contributed by atoms with Crippen LogP contribution >= 0.6 is 0 Å². The number of benzene rings is 1. The van der Waals surface area contributed by atoms with Gasteiger partial charge in [-0.15, -0.1) is 0 Å². The maximum atomic E-state index is 12.8. The molecule has 2 N–H and O–H groups in total. The second-order valence-corrected chi connectivity index (χ2v) is 8.55. The number of hydrogen-bond donors (Lipinski definition) is 2. The number of nitrogens with one attached hydrogen (secondary N) is 2. The van der Waals surface area contributed by atoms with Gasteiger partial charge in [0.05, 0.1) is 18.0 Å². The minimum absolute atomic E-state index is 0.0630. The SMILES string of the molecule is CCN(CC)S(=O)(=O)c1cc(NC(=O)[C@@H](C)[NH+]2CCCC2)ccc1C. The van der Waals surface area contributed by atoms with E-state index < -0.39 is 10.0 Å². The van der Waals surface area contributed by atoms with Crippen LogP contribution in [0.1, 0.15) is 39.2 Å². The number of hydrogen-bond acceptors (Lipinski definition) is 3. The number of likely N-dealkylation sites (tertiary alicyclic amines) is 1. The summed E-state index contributed by atoms with van der Waals surface area (Å²) in [7, 11) is -3.55. The van der Waals surface area contributed by atoms with Gasteiger partial charge in [0, 0.05) is 31.6 Å². The van der Waals surface area contributed by atoms with Crippen LogP contribution in [0.2, 0.25) is 0 Å². The standard InChI is InChI=1S/C18H29N3O3S/c1-5-21(6-2)25(23,24)17-13-16(10-9-14(17)3)19-18(22)15(4)20-11-7-8-12-20/h9-10,13,15H,5-8,11-12H2,1-4H3,(H,19,22)/p+1/t15-/m1/s1. The topological polar surface area (TPSA) is 70.9 Å². The Labute approximate surface area is 151 Å². The van der Waals surface area contributed by atoms with E-state index in [-0.39, 0.29) is 16.8 Å². The van der Waals surface area contributed by atoms with E-state index in [0.29, 0.717) is 24.3 Å². The number of rotatable bonds is 7. The molecular formula is C18H30N3O3S+. The predicted molar refractivity (Wildman–Crippen MR) is 99.3 cm³/mol. The summed E-state index contributed by atoms with van der Waals surface area (Å²) in [4.78, 5) is 14.1. The fourth-order valence-electron chi connectivity index (χ4n) is 3.36. The molecule has 2 rings (SSSR count). The van der Waals surface area contributed by atoms with Gasteiger partial charge in [-0.2, -0.15) is 4.31 Å². The molecule has 1 aromatic carbocycles. The fraction of sp³-hybridized carbons (Fsp3) is 0.611. The third kappa shape index (κ3) is 4.40. The third-order valence-corrected chi connectivity index (χ3v) is 7.22. The van der Waals surface area contributed by atoms with Crippen LogP contribution in [0.3, 0.4) is 0 Å². The Hall–Kier alpha value is -1.44. The smallest absolute Gasteiger partial charge is 0.282 e. The number of amides is 1. The first-order valence-corrected chi connectivity index (χ1v) is 10.5. The monoisotopic (exact) mass is 368 g/mol. The van der Waals surface area contributed by atoms with E-state index in [1.54, 1.807) is 25.1 Å². The molecule has 0 bridgehead atoms. The molecule has 1 aliphatic heterocycles. The van der Waals surface area contributed by atoms with Gasteiger partial charge < -0.3 is 10.2 Å². The van der Waals surface area contributed by atoms with Crippen molar-refractivity contribution in [3.05, 3.63) is 23.8 Å². The second kappa shape index (κ2) is 8.29. The zero-order chi connectivity index (χ0) is 18.6. The largest absolute Gasteiger partial charge is 0.325 e. The summed E-state index contributed by atoms with van der Waals surface area (Å²) >= 11 is 0. The van der Waals surface area contributed by atoms with Gasteiger partial charge in [0.2, 0.25) is 10.0 Å². The Morgan fingerprint density at radius 1 is 1.24 bits per heavy atom. The van der Waals surface area contributed by atoms with Crippen molar-refractivity contribution in [2.24, 2.45) is 0 Å². The number of carbonyl (C=O) groups excluding carboxylic acids is 1. The summed E-state index contributed by atoms with van der Waals surface area (Å²) in [5, 5.41) is 2.89. The van der Waals surface area contributed by atoms with Crippen LogP contribution in [0.25, 0.3) is 0 Å². The number of nitrogens with zero attached hydrogens (tertiary/aromatic N) is 1. The molecule has 1 atom stereocenters. The normalized spacial score (nSPS) is 17.0. The van der Waals surface area contributed by atoms with Gasteiger partial charge in [-0.05, 0) is 31.5 Å². The Morgan fingerprint density at radius 2 is 1.84 bits per heavy atom. The van der Waals surface area contributed by atoms with Gasteiger partial charge in [-0.25, -0.2) is 8.42 Å². The molecule has 0 spiro atoms. The Kier molecular flexibility index (Phi) is 6.59. The highest BCUT2D eigenvalue weighted by molar-refractivity contribution is 7.89. The van der Waals surface area contributed by atoms with Crippen LogP contribution in [0.5, 0.6) is 0 Å². The molecule has 0 radical (unpaired) electrons. The summed E-state index contributed by atoms with van der Waals surface area (Å²) in [5.74, 6) is -0.0630. The number of aryl methyl sites for hydroxylation is 1. The second-order valence-electron chi connectivity index (χ2n) is 6.65. The average Bonchev–Trinajstić information content (AvgIpc) is 3.11. The van der Waals surface area contributed by atoms with E-state index in [0.717, 1.165) is 25.9 Å². The lowest BCUT2D eigenvalue weighted by Gasteiger charge is -2.22. The molecule has 25 heavy (non-hydrogen) atoms. The zero-order valence-corrected chi connectivity index (χ0v) is 16.4. The molecule has 0 aromatic heterocycles. The number of anilines is 1. The van der Waals surface area contributed by atoms with Gasteiger partial charge in [0.1, 0.15) is 0 Å². The van der Waals surface area contributed by atoms with Crippen LogP contribution in [0.15, 0.2) is 23.1 Å². The molecule has 1 amide bonds. The van der Waals surface area contributed by atoms with Crippen molar-refractivity contribution >= 4 is 21.6 Å². The molecule has 0 aliphatic carbocycles. The molecule has 0 saturated carbocycles. The molecule has 6 nitrogen and oxygen atoms in total. The molecule has 1 heterocycles. The molecular weight excluding hydrogens is 338 g/mol. The Bertz CT molecular complexity index is 708. The van der Waals surface area contributed by atoms with Crippen LogP contribution in [-0.4, -0.2) is 50.9 Å². The Morgan fingerprint density at radius 3 is 2.40 bits per heavy atom. The van der Waals surface area contributed by atoms with E-state index in [4.69, 9.17) is 0 Å². The van der Waals surface area contributed by atoms with Gasteiger partial charge in [-0.1, -0.05) is 19.9 Å². The molecule has 1 aromatic rings. The number of sulfonamides is 1. The maximum absolute atomic E-state index is 12.8. The molecule has 1 aliphatic rings. The zero-order valence-electron chi connectivity index (χ0n) is 15.6. The quantitative estimate of drug-likeness (QED) is 0.755. The lowest BCUT2D eigenvalue weighted by Crippen LogP contribution is -3.14. The summed E-state index contributed by atoms with van der Waals surface area (Å²) in [6, 6.07) is 4.96. The van der Waals surface area contributed by atoms with E-state index in [9.17, 15) is 13.2 Å². The first-order chi connectivity index (χ1) is 11.8. The number of quaternary nitrogens is 1. The fourth-order valence-corrected chi connectivity index (χ4v) is 5.07. The van der Waals surface area contributed by atoms with E-state index in [1.807, 2.05) is 20.8 Å². The summed E-state index contributed by atoms with van der Waals surface area (Å²) in [5.41, 5.74) is 1.22. The van der Waals surface area contributed by atoms with Crippen molar-refractivity contribution in [2.75, 3.05) is 31.5 Å². The van der Waals surface area contributed by atoms with Crippen molar-refractivity contribution in [2.45, 2.75) is 51.5 Å². The Balaban J connectivity index is 2.22. The van der Waals surface area contributed by atoms with Crippen LogP contribution in [0.4, 0.5) is 5.69 Å². The van der Waals surface area contributed by atoms with Crippen LogP contribution in [0, 0.1) is 6.92 Å². The van der Waals surface area contributed by atoms with Crippen LogP contribution in [-0.2, 0) is 14.8 Å². The van der Waals surface area contributed by atoms with Crippen molar-refractivity contribution < 1.29 is 18.1 Å².